The summed E-state index contributed by atoms with van der Waals surface area (Å²) in [5.41, 5.74) is -0.278. The van der Waals surface area contributed by atoms with Crippen LogP contribution in [-0.4, -0.2) is 29.2 Å². The van der Waals surface area contributed by atoms with Gasteiger partial charge in [0.2, 0.25) is 0 Å². The second kappa shape index (κ2) is 10.1. The van der Waals surface area contributed by atoms with Gasteiger partial charge >= 0.3 is 6.18 Å². The van der Waals surface area contributed by atoms with E-state index in [2.05, 4.69) is 0 Å². The first-order valence-corrected chi connectivity index (χ1v) is 13.8. The zero-order valence-corrected chi connectivity index (χ0v) is 22.9. The summed E-state index contributed by atoms with van der Waals surface area (Å²) >= 11 is 2.24. The number of anilines is 1. The van der Waals surface area contributed by atoms with Crippen molar-refractivity contribution in [2.45, 2.75) is 37.1 Å². The van der Waals surface area contributed by atoms with Crippen LogP contribution in [-0.2, 0) is 19.3 Å². The summed E-state index contributed by atoms with van der Waals surface area (Å²) in [5, 5.41) is 0.502. The average Bonchev–Trinajstić information content (AvgIpc) is 3.38. The molecule has 3 heterocycles. The minimum atomic E-state index is -4.47. The van der Waals surface area contributed by atoms with E-state index in [1.54, 1.807) is 28.7 Å². The van der Waals surface area contributed by atoms with Crippen molar-refractivity contribution in [2.24, 2.45) is 0 Å². The molecule has 0 spiro atoms. The third kappa shape index (κ3) is 4.87. The Balaban J connectivity index is 1.60. The van der Waals surface area contributed by atoms with Crippen LogP contribution in [0.4, 0.5) is 27.6 Å². The molecule has 0 amide bonds. The highest BCUT2D eigenvalue weighted by atomic mass is 32.2. The highest BCUT2D eigenvalue weighted by Gasteiger charge is 2.37. The van der Waals surface area contributed by atoms with Gasteiger partial charge in [-0.3, -0.25) is 13.8 Å². The number of quaternary nitrogens is 1. The Morgan fingerprint density at radius 1 is 1.10 bits per heavy atom. The smallest absolute Gasteiger partial charge is 0.337 e. The molecule has 5 rings (SSSR count). The summed E-state index contributed by atoms with van der Waals surface area (Å²) in [5.74, 6) is -1.91. The van der Waals surface area contributed by atoms with Crippen LogP contribution < -0.4 is 19.7 Å². The van der Waals surface area contributed by atoms with Gasteiger partial charge in [-0.2, -0.15) is 13.2 Å². The van der Waals surface area contributed by atoms with E-state index in [9.17, 15) is 26.7 Å². The summed E-state index contributed by atoms with van der Waals surface area (Å²) in [4.78, 5) is 15.3. The van der Waals surface area contributed by atoms with Gasteiger partial charge in [0.05, 0.1) is 29.4 Å². The van der Waals surface area contributed by atoms with Crippen LogP contribution in [0.3, 0.4) is 0 Å². The molecule has 204 valence electrons. The number of fused-ring (bicyclic) bond motifs is 1. The van der Waals surface area contributed by atoms with Crippen LogP contribution in [0.2, 0.25) is 0 Å². The monoisotopic (exact) mass is 578 g/mol. The number of halogens is 5. The molecule has 39 heavy (non-hydrogen) atoms. The van der Waals surface area contributed by atoms with Crippen LogP contribution in [0.1, 0.15) is 18.1 Å². The minimum absolute atomic E-state index is 0.0857. The normalized spacial score (nSPS) is 22.6. The molecule has 0 radical (unpaired) electrons. The number of aromatic nitrogens is 1. The summed E-state index contributed by atoms with van der Waals surface area (Å²) in [6.07, 6.45) is 4.81. The van der Waals surface area contributed by atoms with Crippen molar-refractivity contribution in [2.75, 3.05) is 19.0 Å². The molecule has 0 bridgehead atoms. The molecular weight excluding hydrogens is 553 g/mol. The maximum absolute atomic E-state index is 14.5. The quantitative estimate of drug-likeness (QED) is 0.306. The number of hydrogen-bond acceptors (Lipinski definition) is 4. The second-order valence-corrected chi connectivity index (χ2v) is 11.6. The van der Waals surface area contributed by atoms with Gasteiger partial charge in [0.1, 0.15) is 26.8 Å². The number of benzene rings is 2. The standard InChI is InChI=1S/C28H25F5N3OS2/c1-4-35-22(38-25(26(35)37)27-34(2)21-13-12-20(29)23(30)24(21)39-27)15-18-10-7-8-14-36(18,3)16-17-9-5-6-11-19(17)28(31,32)33/h5-15,18H,4,16H2,1-3H3/q+1/b22-15-,27-25+. The van der Waals surface area contributed by atoms with Gasteiger partial charge in [0.25, 0.3) is 5.56 Å². The molecule has 0 saturated carbocycles. The van der Waals surface area contributed by atoms with Gasteiger partial charge < -0.3 is 4.90 Å². The van der Waals surface area contributed by atoms with Gasteiger partial charge in [0.15, 0.2) is 11.6 Å². The van der Waals surface area contributed by atoms with Crippen molar-refractivity contribution in [3.63, 3.8) is 0 Å². The first-order chi connectivity index (χ1) is 18.4. The van der Waals surface area contributed by atoms with E-state index in [1.165, 1.54) is 29.5 Å². The summed E-state index contributed by atoms with van der Waals surface area (Å²) in [6, 6.07) is 7.73. The average molecular weight is 579 g/mol. The molecule has 1 aromatic heterocycles. The molecule has 4 nitrogen and oxygen atoms in total. The van der Waals surface area contributed by atoms with Gasteiger partial charge in [-0.05, 0) is 37.3 Å². The van der Waals surface area contributed by atoms with Crippen LogP contribution in [0.25, 0.3) is 11.1 Å². The number of thiazole rings is 1. The third-order valence-corrected chi connectivity index (χ3v) is 9.52. The molecule has 11 heteroatoms. The van der Waals surface area contributed by atoms with Crippen molar-refractivity contribution in [1.82, 2.24) is 4.57 Å². The van der Waals surface area contributed by atoms with Crippen LogP contribution in [0.15, 0.2) is 70.5 Å². The van der Waals surface area contributed by atoms with E-state index in [-0.39, 0.29) is 33.1 Å². The van der Waals surface area contributed by atoms with Crippen LogP contribution in [0, 0.1) is 11.6 Å². The van der Waals surface area contributed by atoms with Gasteiger partial charge in [0, 0.05) is 25.2 Å². The van der Waals surface area contributed by atoms with Gasteiger partial charge in [-0.15, -0.1) is 11.3 Å². The molecule has 2 aliphatic rings. The third-order valence-electron chi connectivity index (χ3n) is 6.99. The fourth-order valence-corrected chi connectivity index (χ4v) is 7.41. The van der Waals surface area contributed by atoms with Crippen molar-refractivity contribution in [3.05, 3.63) is 103 Å². The summed E-state index contributed by atoms with van der Waals surface area (Å²) in [7, 11) is 3.55. The Bertz CT molecular complexity index is 1690. The highest BCUT2D eigenvalue weighted by Crippen LogP contribution is 2.47. The highest BCUT2D eigenvalue weighted by molar-refractivity contribution is 8.08. The van der Waals surface area contributed by atoms with Crippen LogP contribution >= 0.6 is 23.1 Å². The Hall–Kier alpha value is -3.15. The molecule has 0 fully saturated rings. The molecule has 2 aliphatic heterocycles. The number of thioether (sulfide) groups is 1. The molecule has 2 unspecified atom stereocenters. The maximum atomic E-state index is 14.5. The van der Waals surface area contributed by atoms with Gasteiger partial charge in [-0.25, -0.2) is 8.78 Å². The molecule has 2 aromatic carbocycles. The van der Waals surface area contributed by atoms with E-state index in [1.807, 2.05) is 38.4 Å². The fraction of sp³-hybridized carbons (Fsp3) is 0.250. The Morgan fingerprint density at radius 3 is 2.56 bits per heavy atom. The summed E-state index contributed by atoms with van der Waals surface area (Å²) < 4.78 is 72.2. The molecule has 0 N–H and O–H groups in total. The van der Waals surface area contributed by atoms with Gasteiger partial charge in [-0.1, -0.05) is 36.0 Å². The molecule has 0 aliphatic carbocycles. The maximum Gasteiger partial charge on any atom is 0.416 e. The Labute approximate surface area is 229 Å². The fourth-order valence-electron chi connectivity index (χ4n) is 4.89. The van der Waals surface area contributed by atoms with E-state index in [0.717, 1.165) is 23.9 Å². The molecular formula is C28H25F5N3OS2+. The lowest BCUT2D eigenvalue weighted by Crippen LogP contribution is -2.47. The van der Waals surface area contributed by atoms with Crippen molar-refractivity contribution in [3.8, 4) is 0 Å². The SMILES string of the molecule is CCn1c(=O)/c(=C2\Sc3c(ccc(F)c3F)N2C)s/c1=C\C1C=CC=C[N+]1(C)Cc1ccccc1C(F)(F)F. The largest absolute Gasteiger partial charge is 0.416 e. The second-order valence-electron chi connectivity index (χ2n) is 9.54. The number of hydrogen-bond donors (Lipinski definition) is 0. The number of alkyl halides is 3. The Kier molecular flexibility index (Phi) is 7.11. The Morgan fingerprint density at radius 2 is 1.85 bits per heavy atom. The first-order valence-electron chi connectivity index (χ1n) is 12.2. The zero-order chi connectivity index (χ0) is 28.1. The zero-order valence-electron chi connectivity index (χ0n) is 21.3. The minimum Gasteiger partial charge on any atom is -0.337 e. The van der Waals surface area contributed by atoms with E-state index < -0.39 is 23.4 Å². The van der Waals surface area contributed by atoms with E-state index in [0.29, 0.717) is 26.5 Å². The number of rotatable bonds is 4. The van der Waals surface area contributed by atoms with E-state index in [4.69, 9.17) is 0 Å². The molecule has 3 aromatic rings. The van der Waals surface area contributed by atoms with E-state index >= 15 is 0 Å². The predicted octanol–water partition coefficient (Wildman–Crippen LogP) is 5.41. The lowest BCUT2D eigenvalue weighted by molar-refractivity contribution is -0.883. The number of allylic oxidation sites excluding steroid dienone is 2. The number of nitrogens with zero attached hydrogens (tertiary/aromatic N) is 3. The lowest BCUT2D eigenvalue weighted by atomic mass is 10.0. The summed E-state index contributed by atoms with van der Waals surface area (Å²) in [6.45, 7) is 2.29. The lowest BCUT2D eigenvalue weighted by Gasteiger charge is -2.37. The molecule has 0 saturated heterocycles. The van der Waals surface area contributed by atoms with Crippen LogP contribution in [0.5, 0.6) is 0 Å². The van der Waals surface area contributed by atoms with Crippen molar-refractivity contribution >= 4 is 39.9 Å². The predicted molar refractivity (Wildman–Crippen MR) is 145 cm³/mol. The van der Waals surface area contributed by atoms with Crippen molar-refractivity contribution in [1.29, 1.82) is 0 Å². The molecule has 2 atom stereocenters. The number of likely N-dealkylation sites (N-methyl/N-ethyl adjacent to an activating group) is 1. The topological polar surface area (TPSA) is 25.2 Å². The first kappa shape index (κ1) is 27.4. The van der Waals surface area contributed by atoms with Crippen molar-refractivity contribution < 1.29 is 26.4 Å².